The van der Waals surface area contributed by atoms with Crippen LogP contribution in [0.5, 0.6) is 0 Å². The number of anilines is 4. The minimum atomic E-state index is -5.84. The third kappa shape index (κ3) is 15.8. The Morgan fingerprint density at radius 2 is 0.750 bits per heavy atom. The van der Waals surface area contributed by atoms with Crippen molar-refractivity contribution in [3.8, 4) is 44.5 Å². The van der Waals surface area contributed by atoms with Gasteiger partial charge in [-0.05, 0) is 88.5 Å². The van der Waals surface area contributed by atoms with Gasteiger partial charge >= 0.3 is 32.7 Å². The van der Waals surface area contributed by atoms with Crippen molar-refractivity contribution in [3.63, 3.8) is 0 Å². The van der Waals surface area contributed by atoms with Crippen molar-refractivity contribution in [1.29, 1.82) is 0 Å². The van der Waals surface area contributed by atoms with Crippen LogP contribution in [0.15, 0.2) is 220 Å². The molecule has 505 valence electrons. The van der Waals surface area contributed by atoms with Crippen LogP contribution in [0.1, 0.15) is 38.7 Å². The van der Waals surface area contributed by atoms with E-state index < -0.39 is 15.6 Å². The molecule has 1 radical (unpaired) electrons. The van der Waals surface area contributed by atoms with Crippen LogP contribution < -0.4 is 31.2 Å². The Labute approximate surface area is 588 Å². The SMILES string of the molecule is O=C(Cn1ccnc1)Nc1ccccc1-c1c2nc(c(-c3ccccc3NC(=O)Cn3ccnc3)c3ccc([n-]3)c(-c3ccccc3NC(=O)c3cccc(Cn4ccnc4)c3)c3nc(c(-c4ccccc4NC(=O)Cn4ccnc4)c4ccc1[n-]4)C=C3)C=C2.O=S(=O)(O)C(F)(F)F.[Cu].[Fe+2]. The molecule has 29 heteroatoms. The summed E-state index contributed by atoms with van der Waals surface area (Å²) in [5, 5.41) is 12.7. The Balaban J connectivity index is 0.000000951. The Morgan fingerprint density at radius 1 is 0.440 bits per heavy atom. The summed E-state index contributed by atoms with van der Waals surface area (Å²) in [4.78, 5) is 94.9. The number of aromatic nitrogens is 12. The number of nitrogens with zero attached hydrogens (tertiary/aromatic N) is 12. The fourth-order valence-electron chi connectivity index (χ4n) is 11.2. The van der Waals surface area contributed by atoms with Gasteiger partial charge in [0, 0.05) is 124 Å². The van der Waals surface area contributed by atoms with Crippen LogP contribution in [-0.4, -0.2) is 90.3 Å². The molecule has 0 unspecified atom stereocenters. The summed E-state index contributed by atoms with van der Waals surface area (Å²) < 4.78 is 64.5. The predicted molar refractivity (Wildman–Crippen MR) is 364 cm³/mol. The standard InChI is InChI=1S/C70H54N16O4.CHF3O3S.Cu.Fe/c87-63(38-84-33-29-72-42-84)79-51-16-5-1-12-47(51)66-55-20-22-57(75-55)67(48-13-2-6-17-52(48)80-64(88)39-85-34-30-73-43-85)59-24-26-61(77-59)69(50-15-4-8-19-54(50)82-70(90)46-11-9-10-45(36-46)37-83-32-28-71-41-83)62-27-25-60(78-62)68(58-23-21-56(66)76-58)49-14-3-7-18-53(49)81-65(89)40-86-35-31-74-44-86;2-1(3,4)8(5,6)7;;/h1-36,41-44H,37-40H2,(H6,75,76,77,78,79,80,81,82,87,88,89,90);(H,5,6,7);;/q;;;+2/p-2. The monoisotopic (exact) mass is 1450 g/mol. The van der Waals surface area contributed by atoms with Crippen molar-refractivity contribution in [2.45, 2.75) is 31.7 Å². The smallest absolute Gasteiger partial charge is 0.657 e. The zero-order valence-corrected chi connectivity index (χ0v) is 54.7. The topological polar surface area (TPSA) is 296 Å². The van der Waals surface area contributed by atoms with Crippen LogP contribution in [0, 0.1) is 0 Å². The van der Waals surface area contributed by atoms with E-state index in [-0.39, 0.29) is 77.4 Å². The maximum absolute atomic E-state index is 14.6. The quantitative estimate of drug-likeness (QED) is 0.0322. The molecule has 8 bridgehead atoms. The number of hydrogen-bond donors (Lipinski definition) is 5. The second-order valence-electron chi connectivity index (χ2n) is 22.2. The van der Waals surface area contributed by atoms with Crippen molar-refractivity contribution >= 4 is 103 Å². The molecule has 2 aliphatic heterocycles. The van der Waals surface area contributed by atoms with Gasteiger partial charge in [-0.3, -0.25) is 23.7 Å². The minimum Gasteiger partial charge on any atom is -0.657 e. The summed E-state index contributed by atoms with van der Waals surface area (Å²) in [5.74, 6) is -1.17. The number of fused-ring (bicyclic) bond motifs is 8. The van der Waals surface area contributed by atoms with Gasteiger partial charge in [0.15, 0.2) is 0 Å². The molecule has 0 atom stereocenters. The molecular formula is C71H53CuF3FeN16O7S. The van der Waals surface area contributed by atoms with Crippen molar-refractivity contribution in [3.05, 3.63) is 254 Å². The molecule has 5 N–H and O–H groups in total. The van der Waals surface area contributed by atoms with E-state index in [2.05, 4.69) is 41.2 Å². The van der Waals surface area contributed by atoms with E-state index in [1.165, 1.54) is 0 Å². The number of rotatable bonds is 17. The average molecular weight is 1450 g/mol. The van der Waals surface area contributed by atoms with Crippen LogP contribution in [0.2, 0.25) is 0 Å². The van der Waals surface area contributed by atoms with E-state index in [0.717, 1.165) is 5.56 Å². The van der Waals surface area contributed by atoms with E-state index in [9.17, 15) is 32.3 Å². The first-order valence-electron chi connectivity index (χ1n) is 30.1. The van der Waals surface area contributed by atoms with E-state index in [1.807, 2.05) is 175 Å². The van der Waals surface area contributed by atoms with Crippen molar-refractivity contribution in [1.82, 2.24) is 58.1 Å². The van der Waals surface area contributed by atoms with Gasteiger partial charge in [0.05, 0.1) is 48.1 Å². The Bertz CT molecular complexity index is 5280. The van der Waals surface area contributed by atoms with Crippen LogP contribution >= 0.6 is 0 Å². The number of halogens is 3. The van der Waals surface area contributed by atoms with Crippen LogP contribution in [0.25, 0.3) is 90.9 Å². The second kappa shape index (κ2) is 30.3. The summed E-state index contributed by atoms with van der Waals surface area (Å²) in [5.41, 5.74) is 6.79. The maximum Gasteiger partial charge on any atom is 2.00 e. The Kier molecular flexibility index (Phi) is 21.1. The van der Waals surface area contributed by atoms with Crippen molar-refractivity contribution in [2.75, 3.05) is 21.3 Å². The molecular weight excluding hydrogens is 1400 g/mol. The predicted octanol–water partition coefficient (Wildman–Crippen LogP) is 12.0. The fourth-order valence-corrected chi connectivity index (χ4v) is 11.2. The summed E-state index contributed by atoms with van der Waals surface area (Å²) in [7, 11) is -5.84. The number of hydrogen-bond acceptors (Lipinski definition) is 12. The minimum absolute atomic E-state index is 0. The number of carbonyl (C=O) groups is 4. The van der Waals surface area contributed by atoms with Gasteiger partial charge in [0.25, 0.3) is 5.91 Å². The number of amides is 4. The van der Waals surface area contributed by atoms with Gasteiger partial charge in [0.1, 0.15) is 19.6 Å². The Morgan fingerprint density at radius 3 is 1.06 bits per heavy atom. The van der Waals surface area contributed by atoms with Crippen molar-refractivity contribution in [2.24, 2.45) is 0 Å². The third-order valence-corrected chi connectivity index (χ3v) is 16.1. The molecule has 4 amide bonds. The maximum atomic E-state index is 14.6. The molecule has 0 saturated heterocycles. The van der Waals surface area contributed by atoms with Crippen LogP contribution in [-0.2, 0) is 84.8 Å². The van der Waals surface area contributed by atoms with Gasteiger partial charge in [-0.15, -0.1) is 22.1 Å². The Hall–Kier alpha value is -11.8. The van der Waals surface area contributed by atoms with Crippen molar-refractivity contribution < 1.29 is 79.5 Å². The van der Waals surface area contributed by atoms with Crippen LogP contribution in [0.4, 0.5) is 35.9 Å². The first-order valence-corrected chi connectivity index (χ1v) is 31.5. The molecule has 0 fully saturated rings. The molecule has 100 heavy (non-hydrogen) atoms. The number of alkyl halides is 3. The molecule has 7 aromatic heterocycles. The van der Waals surface area contributed by atoms with Gasteiger partial charge in [-0.2, -0.15) is 21.6 Å². The fraction of sp³-hybridized carbons (Fsp3) is 0.0704. The first-order chi connectivity index (χ1) is 47.5. The normalized spacial score (nSPS) is 11.6. The molecule has 0 spiro atoms. The summed E-state index contributed by atoms with van der Waals surface area (Å²) in [6.07, 6.45) is 27.8. The second-order valence-corrected chi connectivity index (χ2v) is 23.6. The molecule has 9 heterocycles. The van der Waals surface area contributed by atoms with Gasteiger partial charge in [-0.1, -0.05) is 109 Å². The number of benzene rings is 5. The molecule has 2 aliphatic rings. The molecule has 14 rings (SSSR count). The van der Waals surface area contributed by atoms with E-state index in [0.29, 0.717) is 124 Å². The largest absolute Gasteiger partial charge is 2.00 e. The third-order valence-electron chi connectivity index (χ3n) is 15.5. The van der Waals surface area contributed by atoms with E-state index >= 15 is 0 Å². The molecule has 0 aliphatic carbocycles. The molecule has 5 aromatic carbocycles. The molecule has 23 nitrogen and oxygen atoms in total. The van der Waals surface area contributed by atoms with Gasteiger partial charge < -0.3 is 49.5 Å². The summed E-state index contributed by atoms with van der Waals surface area (Å²) in [6.45, 7) is 0.563. The van der Waals surface area contributed by atoms with Gasteiger partial charge in [-0.25, -0.2) is 29.9 Å². The number of para-hydroxylation sites is 4. The number of imidazole rings is 4. The molecule has 12 aromatic rings. The van der Waals surface area contributed by atoms with E-state index in [1.54, 1.807) is 88.5 Å². The zero-order valence-electron chi connectivity index (χ0n) is 51.9. The van der Waals surface area contributed by atoms with E-state index in [4.69, 9.17) is 32.9 Å². The van der Waals surface area contributed by atoms with Gasteiger partial charge in [0.2, 0.25) is 17.7 Å². The zero-order chi connectivity index (χ0) is 67.9. The first kappa shape index (κ1) is 69.5. The average Bonchev–Trinajstić information content (AvgIpc) is 1.59. The van der Waals surface area contributed by atoms with Crippen LogP contribution in [0.3, 0.4) is 0 Å². The molecule has 0 saturated carbocycles. The summed E-state index contributed by atoms with van der Waals surface area (Å²) >= 11 is 0. The number of carbonyl (C=O) groups excluding carboxylic acids is 4. The number of nitrogens with one attached hydrogen (secondary N) is 4. The summed E-state index contributed by atoms with van der Waals surface area (Å²) in [6, 6.07) is 45.2.